The van der Waals surface area contributed by atoms with Gasteiger partial charge in [-0.2, -0.15) is 4.98 Å². The second kappa shape index (κ2) is 8.23. The molecule has 1 atom stereocenters. The summed E-state index contributed by atoms with van der Waals surface area (Å²) in [5.41, 5.74) is 1.15. The van der Waals surface area contributed by atoms with E-state index in [2.05, 4.69) is 20.3 Å². The van der Waals surface area contributed by atoms with Crippen molar-refractivity contribution in [2.45, 2.75) is 38.3 Å². The Kier molecular flexibility index (Phi) is 5.24. The van der Waals surface area contributed by atoms with Crippen molar-refractivity contribution in [1.29, 1.82) is 0 Å². The highest BCUT2D eigenvalue weighted by atomic mass is 16.2. The Morgan fingerprint density at radius 2 is 1.88 bits per heavy atom. The number of likely N-dealkylation sites (tertiary alicyclic amines) is 1. The zero-order valence-corrected chi connectivity index (χ0v) is 18.3. The fourth-order valence-electron chi connectivity index (χ4n) is 4.66. The first-order chi connectivity index (χ1) is 15.9. The number of hydrogen-bond donors (Lipinski definition) is 1. The molecule has 3 aromatic rings. The molecular weight excluding hydrogens is 420 g/mol. The topological polar surface area (TPSA) is 110 Å². The lowest BCUT2D eigenvalue weighted by molar-refractivity contribution is 0.0783. The predicted octanol–water partition coefficient (Wildman–Crippen LogP) is 1.46. The van der Waals surface area contributed by atoms with Gasteiger partial charge in [0.2, 0.25) is 0 Å². The summed E-state index contributed by atoms with van der Waals surface area (Å²) in [6.07, 6.45) is 6.34. The van der Waals surface area contributed by atoms with Crippen LogP contribution in [-0.2, 0) is 18.5 Å². The quantitative estimate of drug-likeness (QED) is 0.652. The third kappa shape index (κ3) is 3.90. The first-order valence-corrected chi connectivity index (χ1v) is 11.0. The van der Waals surface area contributed by atoms with Crippen molar-refractivity contribution < 1.29 is 9.59 Å². The van der Waals surface area contributed by atoms with Gasteiger partial charge in [0.05, 0.1) is 24.1 Å². The number of nitrogens with one attached hydrogen (secondary N) is 1. The van der Waals surface area contributed by atoms with Crippen LogP contribution in [0.4, 0.5) is 0 Å². The maximum atomic E-state index is 12.9. The number of hydrogen-bond acceptors (Lipinski definition) is 6. The third-order valence-electron chi connectivity index (χ3n) is 6.47. The molecule has 0 aliphatic carbocycles. The summed E-state index contributed by atoms with van der Waals surface area (Å²) in [6, 6.07) is 9.21. The summed E-state index contributed by atoms with van der Waals surface area (Å²) in [4.78, 5) is 52.8. The van der Waals surface area contributed by atoms with Crippen LogP contribution in [0.2, 0.25) is 0 Å². The van der Waals surface area contributed by atoms with Crippen LogP contribution in [0, 0.1) is 6.92 Å². The molecule has 168 valence electrons. The molecule has 0 saturated carbocycles. The highest BCUT2D eigenvalue weighted by Crippen LogP contribution is 2.41. The number of carbonyl (C=O) groups is 2. The standard InChI is InChI=1S/C24H24N6O3/c1-16-11-26-18(12-25-16)13-27-20(31)19-14-29-9-7-24(23(29)28-21(19)32)8-10-30(15-24)22(33)17-5-3-2-4-6-17/h2-6,11-12,14H,7-10,13,15H2,1H3,(H,27,31). The fraction of sp³-hybridized carbons (Fsp3) is 0.333. The van der Waals surface area contributed by atoms with Crippen molar-refractivity contribution in [1.82, 2.24) is 29.7 Å². The lowest BCUT2D eigenvalue weighted by Crippen LogP contribution is -2.36. The summed E-state index contributed by atoms with van der Waals surface area (Å²) >= 11 is 0. The molecule has 1 N–H and O–H groups in total. The minimum absolute atomic E-state index is 0.00564. The Labute approximate surface area is 190 Å². The number of nitrogens with zero attached hydrogens (tertiary/aromatic N) is 5. The van der Waals surface area contributed by atoms with Crippen molar-refractivity contribution in [2.24, 2.45) is 0 Å². The Morgan fingerprint density at radius 1 is 1.09 bits per heavy atom. The largest absolute Gasteiger partial charge is 0.346 e. The fourth-order valence-corrected chi connectivity index (χ4v) is 4.66. The zero-order chi connectivity index (χ0) is 23.0. The molecule has 0 bridgehead atoms. The Morgan fingerprint density at radius 3 is 2.64 bits per heavy atom. The van der Waals surface area contributed by atoms with Crippen molar-refractivity contribution in [3.63, 3.8) is 0 Å². The molecular formula is C24H24N6O3. The minimum atomic E-state index is -0.553. The monoisotopic (exact) mass is 444 g/mol. The number of carbonyl (C=O) groups excluding carboxylic acids is 2. The van der Waals surface area contributed by atoms with Crippen LogP contribution in [0.5, 0.6) is 0 Å². The smallest absolute Gasteiger partial charge is 0.285 e. The third-order valence-corrected chi connectivity index (χ3v) is 6.47. The van der Waals surface area contributed by atoms with Crippen LogP contribution < -0.4 is 10.9 Å². The molecule has 1 fully saturated rings. The highest BCUT2D eigenvalue weighted by Gasteiger charge is 2.47. The molecule has 1 spiro atoms. The lowest BCUT2D eigenvalue weighted by atomic mass is 9.85. The van der Waals surface area contributed by atoms with Crippen molar-refractivity contribution in [3.8, 4) is 0 Å². The molecule has 1 aromatic carbocycles. The van der Waals surface area contributed by atoms with Gasteiger partial charge < -0.3 is 14.8 Å². The van der Waals surface area contributed by atoms with E-state index in [4.69, 9.17) is 0 Å². The Bertz CT molecular complexity index is 1270. The molecule has 1 unspecified atom stereocenters. The van der Waals surface area contributed by atoms with Gasteiger partial charge in [0.15, 0.2) is 0 Å². The summed E-state index contributed by atoms with van der Waals surface area (Å²) in [7, 11) is 0. The lowest BCUT2D eigenvalue weighted by Gasteiger charge is -2.23. The molecule has 2 aromatic heterocycles. The second-order valence-corrected chi connectivity index (χ2v) is 8.68. The van der Waals surface area contributed by atoms with Gasteiger partial charge in [-0.25, -0.2) is 0 Å². The molecule has 2 aliphatic heterocycles. The Hall–Kier alpha value is -3.88. The number of fused-ring (bicyclic) bond motifs is 2. The second-order valence-electron chi connectivity index (χ2n) is 8.68. The van der Waals surface area contributed by atoms with Gasteiger partial charge in [-0.15, -0.1) is 0 Å². The van der Waals surface area contributed by atoms with Gasteiger partial charge >= 0.3 is 0 Å². The van der Waals surface area contributed by atoms with E-state index in [0.717, 1.165) is 18.5 Å². The van der Waals surface area contributed by atoms with E-state index in [1.54, 1.807) is 18.6 Å². The molecule has 4 heterocycles. The van der Waals surface area contributed by atoms with E-state index in [9.17, 15) is 14.4 Å². The number of aromatic nitrogens is 4. The molecule has 5 rings (SSSR count). The van der Waals surface area contributed by atoms with Crippen molar-refractivity contribution >= 4 is 11.8 Å². The molecule has 2 amide bonds. The normalized spacial score (nSPS) is 19.0. The van der Waals surface area contributed by atoms with E-state index in [1.807, 2.05) is 46.7 Å². The van der Waals surface area contributed by atoms with E-state index in [-0.39, 0.29) is 23.4 Å². The number of benzene rings is 1. The first-order valence-electron chi connectivity index (χ1n) is 11.0. The van der Waals surface area contributed by atoms with Crippen molar-refractivity contribution in [3.05, 3.63) is 87.6 Å². The van der Waals surface area contributed by atoms with Crippen LogP contribution in [0.1, 0.15) is 50.8 Å². The maximum Gasteiger partial charge on any atom is 0.285 e. The summed E-state index contributed by atoms with van der Waals surface area (Å²) < 4.78 is 1.89. The maximum absolute atomic E-state index is 12.9. The Balaban J connectivity index is 1.33. The van der Waals surface area contributed by atoms with E-state index in [0.29, 0.717) is 36.7 Å². The van der Waals surface area contributed by atoms with Crippen molar-refractivity contribution in [2.75, 3.05) is 13.1 Å². The van der Waals surface area contributed by atoms with Crippen LogP contribution in [0.3, 0.4) is 0 Å². The zero-order valence-electron chi connectivity index (χ0n) is 18.3. The van der Waals surface area contributed by atoms with Crippen LogP contribution in [0.25, 0.3) is 0 Å². The molecule has 0 radical (unpaired) electrons. The number of rotatable bonds is 4. The van der Waals surface area contributed by atoms with Crippen LogP contribution in [-0.4, -0.2) is 49.3 Å². The van der Waals surface area contributed by atoms with Crippen LogP contribution >= 0.6 is 0 Å². The highest BCUT2D eigenvalue weighted by molar-refractivity contribution is 5.94. The van der Waals surface area contributed by atoms with Gasteiger partial charge in [0, 0.05) is 43.0 Å². The number of aryl methyl sites for hydroxylation is 2. The molecule has 2 aliphatic rings. The summed E-state index contributed by atoms with van der Waals surface area (Å²) in [5.74, 6) is 0.165. The van der Waals surface area contributed by atoms with Gasteiger partial charge in [-0.3, -0.25) is 24.4 Å². The van der Waals surface area contributed by atoms with Gasteiger partial charge in [0.25, 0.3) is 17.4 Å². The molecule has 9 heteroatoms. The van der Waals surface area contributed by atoms with Gasteiger partial charge in [0.1, 0.15) is 11.4 Å². The summed E-state index contributed by atoms with van der Waals surface area (Å²) in [6.45, 7) is 3.79. The first kappa shape index (κ1) is 21.0. The SMILES string of the molecule is Cc1cnc(CNC(=O)c2cn3c(nc2=O)C2(CCN(C(=O)c4ccccc4)C2)CC3)cn1. The van der Waals surface area contributed by atoms with Gasteiger partial charge in [-0.05, 0) is 31.9 Å². The molecule has 9 nitrogen and oxygen atoms in total. The van der Waals surface area contributed by atoms with Crippen LogP contribution in [0.15, 0.2) is 53.7 Å². The van der Waals surface area contributed by atoms with E-state index >= 15 is 0 Å². The van der Waals surface area contributed by atoms with Gasteiger partial charge in [-0.1, -0.05) is 18.2 Å². The number of amides is 2. The molecule has 33 heavy (non-hydrogen) atoms. The average Bonchev–Trinajstić information content (AvgIpc) is 3.42. The summed E-state index contributed by atoms with van der Waals surface area (Å²) in [5, 5.41) is 2.72. The van der Waals surface area contributed by atoms with E-state index in [1.165, 1.54) is 0 Å². The van der Waals surface area contributed by atoms with E-state index < -0.39 is 11.5 Å². The average molecular weight is 444 g/mol. The molecule has 1 saturated heterocycles. The minimum Gasteiger partial charge on any atom is -0.346 e. The predicted molar refractivity (Wildman–Crippen MR) is 120 cm³/mol.